The molecule has 3 heteroatoms. The van der Waals surface area contributed by atoms with Gasteiger partial charge in [-0.05, 0) is 25.1 Å². The number of carbonyl (C=O) groups is 1. The maximum atomic E-state index is 13.0. The summed E-state index contributed by atoms with van der Waals surface area (Å²) < 4.78 is 6.60. The molecule has 49 heavy (non-hydrogen) atoms. The first-order valence-corrected chi connectivity index (χ1v) is 25.4. The predicted octanol–water partition coefficient (Wildman–Crippen LogP) is 17.2. The Hall–Kier alpha value is -0.573. The van der Waals surface area contributed by atoms with E-state index in [0.717, 1.165) is 0 Å². The normalized spacial score (nSPS) is 11.8. The fourth-order valence-electron chi connectivity index (χ4n) is 7.68. The average molecular weight is 705 g/mol. The lowest BCUT2D eigenvalue weighted by atomic mass is 10.1. The van der Waals surface area contributed by atoms with Gasteiger partial charge in [0.15, 0.2) is 0 Å². The third kappa shape index (κ3) is 34.3. The number of unbranched alkanes of at least 4 members (excludes halogenated alkanes) is 33. The molecule has 0 bridgehead atoms. The first kappa shape index (κ1) is 48.4. The van der Waals surface area contributed by atoms with E-state index in [4.69, 9.17) is 4.43 Å². The maximum absolute atomic E-state index is 13.0. The van der Waals surface area contributed by atoms with Crippen molar-refractivity contribution < 1.29 is 9.22 Å². The van der Waals surface area contributed by atoms with Crippen LogP contribution in [-0.4, -0.2) is 14.3 Å². The highest BCUT2D eigenvalue weighted by Crippen LogP contribution is 2.32. The van der Waals surface area contributed by atoms with Crippen molar-refractivity contribution in [3.63, 3.8) is 0 Å². The predicted molar refractivity (Wildman–Crippen MR) is 224 cm³/mol. The van der Waals surface area contributed by atoms with Gasteiger partial charge in [0.1, 0.15) is 0 Å². The van der Waals surface area contributed by atoms with Crippen LogP contribution in [0.4, 0.5) is 0 Å². The zero-order valence-corrected chi connectivity index (χ0v) is 35.6. The van der Waals surface area contributed by atoms with Gasteiger partial charge in [0, 0.05) is 5.57 Å². The van der Waals surface area contributed by atoms with Gasteiger partial charge < -0.3 is 4.43 Å². The van der Waals surface area contributed by atoms with Crippen LogP contribution in [0.3, 0.4) is 0 Å². The van der Waals surface area contributed by atoms with Gasteiger partial charge in [-0.1, -0.05) is 258 Å². The van der Waals surface area contributed by atoms with Gasteiger partial charge in [-0.15, -0.1) is 0 Å². The highest BCUT2D eigenvalue weighted by molar-refractivity contribution is 6.75. The van der Waals surface area contributed by atoms with Gasteiger partial charge in [0.05, 0.1) is 0 Å². The summed E-state index contributed by atoms with van der Waals surface area (Å²) in [5.74, 6) is -0.0940. The second-order valence-corrected chi connectivity index (χ2v) is 20.3. The molecule has 0 fully saturated rings. The first-order valence-electron chi connectivity index (χ1n) is 22.9. The van der Waals surface area contributed by atoms with Crippen molar-refractivity contribution in [2.45, 2.75) is 277 Å². The van der Waals surface area contributed by atoms with Crippen molar-refractivity contribution in [1.82, 2.24) is 0 Å². The van der Waals surface area contributed by atoms with Crippen LogP contribution in [0.1, 0.15) is 259 Å². The van der Waals surface area contributed by atoms with Crippen molar-refractivity contribution in [3.8, 4) is 0 Å². The SMILES string of the molecule is C=C(C)C(=O)O[Si](CCCCCCCCCCCCCC)(CCCCCCCCCCCCCC)CCCCCCCCCCCCCC. The summed E-state index contributed by atoms with van der Waals surface area (Å²) in [5.41, 5.74) is 0.593. The van der Waals surface area contributed by atoms with E-state index in [-0.39, 0.29) is 5.97 Å². The maximum Gasteiger partial charge on any atom is 0.319 e. The number of hydrogen-bond donors (Lipinski definition) is 0. The molecular weight excluding hydrogens is 613 g/mol. The molecule has 0 aromatic heterocycles. The fraction of sp³-hybridized carbons (Fsp3) is 0.935. The number of hydrogen-bond acceptors (Lipinski definition) is 2. The molecule has 0 radical (unpaired) electrons. The molecule has 0 aliphatic rings. The van der Waals surface area contributed by atoms with Gasteiger partial charge in [-0.3, -0.25) is 0 Å². The van der Waals surface area contributed by atoms with Gasteiger partial charge in [-0.25, -0.2) is 4.79 Å². The minimum atomic E-state index is -2.12. The Balaban J connectivity index is 4.71. The standard InChI is InChI=1S/C46H92O2Si/c1-6-9-12-15-18-21-24-27-30-33-36-39-42-49(48-46(47)45(4)5,43-40-37-34-31-28-25-22-19-16-13-10-7-2)44-41-38-35-32-29-26-23-20-17-14-11-8-3/h4,6-44H2,1-3,5H3. The molecule has 0 unspecified atom stereocenters. The molecule has 0 atom stereocenters. The third-order valence-corrected chi connectivity index (χ3v) is 15.5. The molecule has 0 aromatic carbocycles. The number of rotatable bonds is 41. The third-order valence-electron chi connectivity index (χ3n) is 11.1. The Morgan fingerprint density at radius 1 is 0.367 bits per heavy atom. The van der Waals surface area contributed by atoms with Gasteiger partial charge in [0.25, 0.3) is 8.32 Å². The molecule has 0 spiro atoms. The summed E-state index contributed by atoms with van der Waals surface area (Å²) in [5, 5.41) is 0. The second kappa shape index (κ2) is 38.7. The lowest BCUT2D eigenvalue weighted by Crippen LogP contribution is -2.40. The number of carbonyl (C=O) groups excluding carboxylic acids is 1. The zero-order valence-electron chi connectivity index (χ0n) is 34.6. The van der Waals surface area contributed by atoms with E-state index < -0.39 is 8.32 Å². The van der Waals surface area contributed by atoms with Crippen molar-refractivity contribution in [3.05, 3.63) is 12.2 Å². The Bertz CT molecular complexity index is 619. The van der Waals surface area contributed by atoms with Gasteiger partial charge in [0.2, 0.25) is 0 Å². The molecule has 0 aromatic rings. The van der Waals surface area contributed by atoms with Crippen LogP contribution in [0.15, 0.2) is 12.2 Å². The van der Waals surface area contributed by atoms with Crippen LogP contribution in [0.25, 0.3) is 0 Å². The molecule has 0 N–H and O–H groups in total. The van der Waals surface area contributed by atoms with Crippen molar-refractivity contribution in [2.24, 2.45) is 0 Å². The summed E-state index contributed by atoms with van der Waals surface area (Å²) in [6.45, 7) is 12.7. The lowest BCUT2D eigenvalue weighted by molar-refractivity contribution is -0.131. The van der Waals surface area contributed by atoms with E-state index in [0.29, 0.717) is 5.57 Å². The van der Waals surface area contributed by atoms with Crippen LogP contribution in [-0.2, 0) is 9.22 Å². The Morgan fingerprint density at radius 3 is 0.735 bits per heavy atom. The van der Waals surface area contributed by atoms with Crippen LogP contribution in [0, 0.1) is 0 Å². The van der Waals surface area contributed by atoms with Crippen LogP contribution in [0.5, 0.6) is 0 Å². The van der Waals surface area contributed by atoms with E-state index in [1.54, 1.807) is 0 Å². The summed E-state index contributed by atoms with van der Waals surface area (Å²) >= 11 is 0. The Morgan fingerprint density at radius 2 is 0.551 bits per heavy atom. The van der Waals surface area contributed by atoms with Crippen molar-refractivity contribution >= 4 is 14.3 Å². The summed E-state index contributed by atoms with van der Waals surface area (Å²) in [4.78, 5) is 13.0. The summed E-state index contributed by atoms with van der Waals surface area (Å²) in [6.07, 6.45) is 49.8. The highest BCUT2D eigenvalue weighted by atomic mass is 28.4. The smallest absolute Gasteiger partial charge is 0.319 e. The molecule has 0 saturated heterocycles. The topological polar surface area (TPSA) is 26.3 Å². The van der Waals surface area contributed by atoms with E-state index in [1.165, 1.54) is 249 Å². The average Bonchev–Trinajstić information content (AvgIpc) is 3.09. The molecule has 292 valence electrons. The summed E-state index contributed by atoms with van der Waals surface area (Å²) in [6, 6.07) is 3.54. The molecule has 0 aliphatic heterocycles. The van der Waals surface area contributed by atoms with Crippen molar-refractivity contribution in [1.29, 1.82) is 0 Å². The minimum Gasteiger partial charge on any atom is -0.516 e. The van der Waals surface area contributed by atoms with Crippen molar-refractivity contribution in [2.75, 3.05) is 0 Å². The van der Waals surface area contributed by atoms with Gasteiger partial charge >= 0.3 is 5.97 Å². The molecule has 0 saturated carbocycles. The summed E-state index contributed by atoms with van der Waals surface area (Å²) in [7, 11) is -2.12. The highest BCUT2D eigenvalue weighted by Gasteiger charge is 2.37. The Kier molecular flexibility index (Phi) is 38.2. The van der Waals surface area contributed by atoms with E-state index >= 15 is 0 Å². The second-order valence-electron chi connectivity index (χ2n) is 16.3. The fourth-order valence-corrected chi connectivity index (χ4v) is 12.0. The molecule has 0 rings (SSSR count). The molecular formula is C46H92O2Si. The monoisotopic (exact) mass is 705 g/mol. The molecule has 0 aliphatic carbocycles. The van der Waals surface area contributed by atoms with Crippen LogP contribution >= 0.6 is 0 Å². The van der Waals surface area contributed by atoms with E-state index in [9.17, 15) is 4.79 Å². The molecule has 0 amide bonds. The molecule has 2 nitrogen and oxygen atoms in total. The van der Waals surface area contributed by atoms with Crippen LogP contribution in [0.2, 0.25) is 18.1 Å². The van der Waals surface area contributed by atoms with E-state index in [1.807, 2.05) is 6.92 Å². The van der Waals surface area contributed by atoms with Crippen LogP contribution < -0.4 is 0 Å². The molecule has 0 heterocycles. The van der Waals surface area contributed by atoms with Gasteiger partial charge in [-0.2, -0.15) is 0 Å². The zero-order chi connectivity index (χ0) is 35.9. The quantitative estimate of drug-likeness (QED) is 0.0360. The Labute approximate surface area is 311 Å². The van der Waals surface area contributed by atoms with E-state index in [2.05, 4.69) is 27.4 Å². The largest absolute Gasteiger partial charge is 0.516 e. The minimum absolute atomic E-state index is 0.0940. The first-order chi connectivity index (χ1) is 24.0. The lowest BCUT2D eigenvalue weighted by Gasteiger charge is -2.32.